The number of aromatic nitrogens is 1. The Morgan fingerprint density at radius 1 is 1.29 bits per heavy atom. The van der Waals surface area contributed by atoms with Gasteiger partial charge in [-0.2, -0.15) is 0 Å². The molecule has 0 saturated carbocycles. The monoisotopic (exact) mass is 302 g/mol. The molecule has 4 rings (SSSR count). The molecule has 3 aromatic rings. The largest absolute Gasteiger partial charge is 0.434 e. The number of rotatable bonds is 1. The molecule has 1 aliphatic rings. The lowest BCUT2D eigenvalue weighted by Gasteiger charge is -2.18. The maximum Gasteiger partial charge on any atom is 0.227 e. The van der Waals surface area contributed by atoms with Crippen molar-refractivity contribution in [2.45, 2.75) is 13.0 Å². The third-order valence-corrected chi connectivity index (χ3v) is 4.06. The molecule has 1 aliphatic heterocycles. The van der Waals surface area contributed by atoms with E-state index in [1.54, 1.807) is 0 Å². The van der Waals surface area contributed by atoms with Gasteiger partial charge in [-0.15, -0.1) is 0 Å². The van der Waals surface area contributed by atoms with Crippen LogP contribution in [0.15, 0.2) is 34.7 Å². The SMILES string of the molecule is Fc1cc(Cl)c2oc(-c3cccc4c3CCNC4)nc2c1. The van der Waals surface area contributed by atoms with Gasteiger partial charge in [0.15, 0.2) is 5.58 Å². The summed E-state index contributed by atoms with van der Waals surface area (Å²) in [6, 6.07) is 8.64. The summed E-state index contributed by atoms with van der Waals surface area (Å²) in [5.41, 5.74) is 4.32. The van der Waals surface area contributed by atoms with Crippen LogP contribution in [-0.2, 0) is 13.0 Å². The summed E-state index contributed by atoms with van der Waals surface area (Å²) in [5.74, 6) is 0.0860. The van der Waals surface area contributed by atoms with Gasteiger partial charge >= 0.3 is 0 Å². The Bertz CT molecular complexity index is 844. The maximum atomic E-state index is 13.4. The fourth-order valence-corrected chi connectivity index (χ4v) is 3.05. The van der Waals surface area contributed by atoms with Gasteiger partial charge in [0.2, 0.25) is 5.89 Å². The third kappa shape index (κ3) is 2.11. The third-order valence-electron chi connectivity index (χ3n) is 3.78. The first-order valence-corrected chi connectivity index (χ1v) is 7.17. The second-order valence-electron chi connectivity index (χ2n) is 5.12. The van der Waals surface area contributed by atoms with Crippen molar-refractivity contribution >= 4 is 22.7 Å². The van der Waals surface area contributed by atoms with Crippen molar-refractivity contribution in [3.05, 3.63) is 52.3 Å². The van der Waals surface area contributed by atoms with E-state index in [9.17, 15) is 4.39 Å². The lowest BCUT2D eigenvalue weighted by molar-refractivity contribution is 0.608. The van der Waals surface area contributed by atoms with Crippen LogP contribution in [0.4, 0.5) is 4.39 Å². The number of hydrogen-bond acceptors (Lipinski definition) is 3. The molecule has 0 bridgehead atoms. The minimum atomic E-state index is -0.411. The molecule has 0 spiro atoms. The summed E-state index contributed by atoms with van der Waals surface area (Å²) in [7, 11) is 0. The topological polar surface area (TPSA) is 38.1 Å². The van der Waals surface area contributed by atoms with E-state index in [2.05, 4.69) is 16.4 Å². The van der Waals surface area contributed by atoms with E-state index in [4.69, 9.17) is 16.0 Å². The van der Waals surface area contributed by atoms with Crippen LogP contribution in [0.25, 0.3) is 22.6 Å². The summed E-state index contributed by atoms with van der Waals surface area (Å²) in [4.78, 5) is 4.40. The molecular weight excluding hydrogens is 291 g/mol. The Labute approximate surface area is 125 Å². The minimum Gasteiger partial charge on any atom is -0.434 e. The molecule has 0 atom stereocenters. The van der Waals surface area contributed by atoms with Crippen molar-refractivity contribution in [3.8, 4) is 11.5 Å². The first-order valence-electron chi connectivity index (χ1n) is 6.80. The Hall–Kier alpha value is -1.91. The zero-order valence-electron chi connectivity index (χ0n) is 11.1. The first-order chi connectivity index (χ1) is 10.2. The summed E-state index contributed by atoms with van der Waals surface area (Å²) in [5, 5.41) is 3.59. The van der Waals surface area contributed by atoms with Gasteiger partial charge < -0.3 is 9.73 Å². The molecule has 1 N–H and O–H groups in total. The molecule has 21 heavy (non-hydrogen) atoms. The van der Waals surface area contributed by atoms with Crippen molar-refractivity contribution in [1.29, 1.82) is 0 Å². The van der Waals surface area contributed by atoms with Crippen molar-refractivity contribution in [3.63, 3.8) is 0 Å². The summed E-state index contributed by atoms with van der Waals surface area (Å²) < 4.78 is 19.2. The maximum absolute atomic E-state index is 13.4. The van der Waals surface area contributed by atoms with Crippen LogP contribution in [0.2, 0.25) is 5.02 Å². The molecule has 0 saturated heterocycles. The summed E-state index contributed by atoms with van der Waals surface area (Å²) >= 11 is 6.02. The number of oxazole rings is 1. The van der Waals surface area contributed by atoms with E-state index in [0.717, 1.165) is 25.1 Å². The van der Waals surface area contributed by atoms with Crippen LogP contribution in [0, 0.1) is 5.82 Å². The van der Waals surface area contributed by atoms with E-state index in [-0.39, 0.29) is 5.02 Å². The highest BCUT2D eigenvalue weighted by Crippen LogP contribution is 2.33. The molecule has 2 aromatic carbocycles. The lowest BCUT2D eigenvalue weighted by atomic mass is 9.95. The lowest BCUT2D eigenvalue weighted by Crippen LogP contribution is -2.24. The molecule has 5 heteroatoms. The Morgan fingerprint density at radius 3 is 3.10 bits per heavy atom. The molecule has 106 valence electrons. The van der Waals surface area contributed by atoms with Gasteiger partial charge in [0.1, 0.15) is 11.3 Å². The number of fused-ring (bicyclic) bond motifs is 2. The van der Waals surface area contributed by atoms with E-state index < -0.39 is 5.82 Å². The molecular formula is C16H12ClFN2O. The average molecular weight is 303 g/mol. The molecule has 0 radical (unpaired) electrons. The number of nitrogens with zero attached hydrogens (tertiary/aromatic N) is 1. The number of nitrogens with one attached hydrogen (secondary N) is 1. The van der Waals surface area contributed by atoms with Crippen LogP contribution >= 0.6 is 11.6 Å². The second kappa shape index (κ2) is 4.83. The van der Waals surface area contributed by atoms with E-state index >= 15 is 0 Å². The van der Waals surface area contributed by atoms with E-state index in [1.165, 1.54) is 23.3 Å². The highest BCUT2D eigenvalue weighted by atomic mass is 35.5. The zero-order valence-corrected chi connectivity index (χ0v) is 11.9. The summed E-state index contributed by atoms with van der Waals surface area (Å²) in [6.07, 6.45) is 0.923. The molecule has 0 aliphatic carbocycles. The fourth-order valence-electron chi connectivity index (χ4n) is 2.81. The molecule has 1 aromatic heterocycles. The molecule has 2 heterocycles. The van der Waals surface area contributed by atoms with Gasteiger partial charge in [-0.1, -0.05) is 23.7 Å². The zero-order chi connectivity index (χ0) is 14.4. The minimum absolute atomic E-state index is 0.246. The molecule has 3 nitrogen and oxygen atoms in total. The van der Waals surface area contributed by atoms with Crippen LogP contribution < -0.4 is 5.32 Å². The highest BCUT2D eigenvalue weighted by Gasteiger charge is 2.18. The quantitative estimate of drug-likeness (QED) is 0.740. The van der Waals surface area contributed by atoms with Gasteiger partial charge in [-0.3, -0.25) is 0 Å². The summed E-state index contributed by atoms with van der Waals surface area (Å²) in [6.45, 7) is 1.78. The molecule has 0 amide bonds. The van der Waals surface area contributed by atoms with Crippen LogP contribution in [0.1, 0.15) is 11.1 Å². The predicted molar refractivity (Wildman–Crippen MR) is 79.8 cm³/mol. The number of halogens is 2. The Balaban J connectivity index is 1.93. The van der Waals surface area contributed by atoms with Gasteiger partial charge in [0, 0.05) is 18.2 Å². The molecule has 0 unspecified atom stereocenters. The number of benzene rings is 2. The Kier molecular flexibility index (Phi) is 2.94. The van der Waals surface area contributed by atoms with Gasteiger partial charge in [-0.05, 0) is 36.2 Å². The van der Waals surface area contributed by atoms with Crippen molar-refractivity contribution < 1.29 is 8.81 Å². The van der Waals surface area contributed by atoms with Crippen molar-refractivity contribution in [1.82, 2.24) is 10.3 Å². The van der Waals surface area contributed by atoms with Crippen LogP contribution in [0.5, 0.6) is 0 Å². The predicted octanol–water partition coefficient (Wildman–Crippen LogP) is 3.93. The van der Waals surface area contributed by atoms with Crippen molar-refractivity contribution in [2.75, 3.05) is 6.54 Å². The van der Waals surface area contributed by atoms with Crippen molar-refractivity contribution in [2.24, 2.45) is 0 Å². The Morgan fingerprint density at radius 2 is 2.19 bits per heavy atom. The van der Waals surface area contributed by atoms with Gasteiger partial charge in [0.25, 0.3) is 0 Å². The van der Waals surface area contributed by atoms with Crippen LogP contribution in [0.3, 0.4) is 0 Å². The van der Waals surface area contributed by atoms with E-state index in [1.807, 2.05) is 12.1 Å². The first kappa shape index (κ1) is 12.8. The number of hydrogen-bond donors (Lipinski definition) is 1. The smallest absolute Gasteiger partial charge is 0.227 e. The van der Waals surface area contributed by atoms with E-state index in [0.29, 0.717) is 17.0 Å². The normalized spacial score (nSPS) is 14.4. The highest BCUT2D eigenvalue weighted by molar-refractivity contribution is 6.34. The molecule has 0 fully saturated rings. The standard InChI is InChI=1S/C16H12ClFN2O/c17-13-6-10(18)7-14-15(13)21-16(20-14)12-3-1-2-9-8-19-5-4-11(9)12/h1-3,6-7,19H,4-5,8H2. The van der Waals surface area contributed by atoms with Gasteiger partial charge in [0.05, 0.1) is 5.02 Å². The second-order valence-corrected chi connectivity index (χ2v) is 5.53. The average Bonchev–Trinajstić information content (AvgIpc) is 2.90. The van der Waals surface area contributed by atoms with Crippen LogP contribution in [-0.4, -0.2) is 11.5 Å². The fraction of sp³-hybridized carbons (Fsp3) is 0.188. The van der Waals surface area contributed by atoms with Gasteiger partial charge in [-0.25, -0.2) is 9.37 Å².